The van der Waals surface area contributed by atoms with Crippen molar-refractivity contribution in [3.05, 3.63) is 46.5 Å². The summed E-state index contributed by atoms with van der Waals surface area (Å²) in [6.07, 6.45) is 6.75. The number of nitrogens with zero attached hydrogens (tertiary/aromatic N) is 3. The molecule has 0 fully saturated rings. The topological polar surface area (TPSA) is 39.9 Å². The van der Waals surface area contributed by atoms with Crippen molar-refractivity contribution >= 4 is 35.2 Å². The van der Waals surface area contributed by atoms with Gasteiger partial charge in [-0.25, -0.2) is 9.67 Å². The molecule has 0 aliphatic rings. The van der Waals surface area contributed by atoms with Gasteiger partial charge in [0.1, 0.15) is 18.4 Å². The molecule has 2 aromatic rings. The molecule has 0 saturated carbocycles. The summed E-state index contributed by atoms with van der Waals surface area (Å²) in [5.41, 5.74) is 0.669. The van der Waals surface area contributed by atoms with Gasteiger partial charge in [0.25, 0.3) is 0 Å². The fourth-order valence-electron chi connectivity index (χ4n) is 1.64. The van der Waals surface area contributed by atoms with Gasteiger partial charge in [-0.05, 0) is 18.6 Å². The van der Waals surface area contributed by atoms with Gasteiger partial charge in [0.15, 0.2) is 0 Å². The van der Waals surface area contributed by atoms with Crippen molar-refractivity contribution in [3.8, 4) is 0 Å². The Hall–Kier alpha value is -1.52. The van der Waals surface area contributed by atoms with Crippen LogP contribution in [0.5, 0.6) is 0 Å². The van der Waals surface area contributed by atoms with E-state index >= 15 is 0 Å². The van der Waals surface area contributed by atoms with Crippen LogP contribution in [0.25, 0.3) is 12.0 Å². The first-order chi connectivity index (χ1) is 9.72. The molecule has 0 aliphatic heterocycles. The number of benzene rings is 1. The molecule has 20 heavy (non-hydrogen) atoms. The first-order valence-electron chi connectivity index (χ1n) is 6.35. The maximum atomic E-state index is 6.23. The average Bonchev–Trinajstić information content (AvgIpc) is 2.91. The molecule has 1 aromatic carbocycles. The number of unbranched alkanes of at least 4 members (excludes halogenated alkanes) is 1. The Morgan fingerprint density at radius 2 is 2.10 bits per heavy atom. The quantitative estimate of drug-likeness (QED) is 0.588. The van der Waals surface area contributed by atoms with Crippen molar-refractivity contribution in [1.82, 2.24) is 14.8 Å². The van der Waals surface area contributed by atoms with Crippen LogP contribution in [0.15, 0.2) is 30.9 Å². The Morgan fingerprint density at radius 1 is 1.35 bits per heavy atom. The SMILES string of the molecule is CCCCO/C(=C\n1cncn1)c1c(Cl)cccc1Cl. The Morgan fingerprint density at radius 3 is 2.70 bits per heavy atom. The lowest BCUT2D eigenvalue weighted by Gasteiger charge is -2.13. The summed E-state index contributed by atoms with van der Waals surface area (Å²) >= 11 is 12.5. The molecule has 0 bridgehead atoms. The van der Waals surface area contributed by atoms with Crippen LogP contribution in [0.3, 0.4) is 0 Å². The number of rotatable bonds is 6. The van der Waals surface area contributed by atoms with E-state index in [1.54, 1.807) is 35.4 Å². The molecule has 0 N–H and O–H groups in total. The minimum Gasteiger partial charge on any atom is -0.491 e. The monoisotopic (exact) mass is 311 g/mol. The molecule has 0 unspecified atom stereocenters. The minimum atomic E-state index is 0.542. The third-order valence-corrected chi connectivity index (χ3v) is 3.28. The summed E-state index contributed by atoms with van der Waals surface area (Å²) in [4.78, 5) is 3.90. The van der Waals surface area contributed by atoms with Crippen molar-refractivity contribution in [2.75, 3.05) is 6.61 Å². The van der Waals surface area contributed by atoms with E-state index in [1.165, 1.54) is 6.33 Å². The maximum absolute atomic E-state index is 6.23. The van der Waals surface area contributed by atoms with E-state index in [1.807, 2.05) is 0 Å². The molecule has 0 amide bonds. The van der Waals surface area contributed by atoms with Gasteiger partial charge < -0.3 is 4.74 Å². The molecule has 0 radical (unpaired) electrons. The average molecular weight is 312 g/mol. The zero-order valence-electron chi connectivity index (χ0n) is 11.1. The lowest BCUT2D eigenvalue weighted by molar-refractivity contribution is 0.271. The van der Waals surface area contributed by atoms with Crippen molar-refractivity contribution in [2.45, 2.75) is 19.8 Å². The molecule has 106 valence electrons. The van der Waals surface area contributed by atoms with Gasteiger partial charge in [0, 0.05) is 0 Å². The first kappa shape index (κ1) is 14.9. The number of hydrogen-bond acceptors (Lipinski definition) is 3. The van der Waals surface area contributed by atoms with E-state index in [0.29, 0.717) is 28.0 Å². The van der Waals surface area contributed by atoms with Gasteiger partial charge >= 0.3 is 0 Å². The van der Waals surface area contributed by atoms with Crippen molar-refractivity contribution in [1.29, 1.82) is 0 Å². The lowest BCUT2D eigenvalue weighted by atomic mass is 10.2. The highest BCUT2D eigenvalue weighted by molar-refractivity contribution is 6.37. The molecular weight excluding hydrogens is 297 g/mol. The van der Waals surface area contributed by atoms with Gasteiger partial charge in [0.2, 0.25) is 0 Å². The number of aromatic nitrogens is 3. The second-order valence-corrected chi connectivity index (χ2v) is 4.98. The van der Waals surface area contributed by atoms with E-state index in [0.717, 1.165) is 12.8 Å². The van der Waals surface area contributed by atoms with E-state index in [-0.39, 0.29) is 0 Å². The molecule has 0 aliphatic carbocycles. The predicted molar refractivity (Wildman–Crippen MR) is 81.5 cm³/mol. The maximum Gasteiger partial charge on any atom is 0.147 e. The highest BCUT2D eigenvalue weighted by Crippen LogP contribution is 2.32. The normalized spacial score (nSPS) is 11.7. The van der Waals surface area contributed by atoms with Crippen LogP contribution in [0.1, 0.15) is 25.3 Å². The fourth-order valence-corrected chi connectivity index (χ4v) is 2.22. The smallest absolute Gasteiger partial charge is 0.147 e. The summed E-state index contributed by atoms with van der Waals surface area (Å²) < 4.78 is 7.36. The van der Waals surface area contributed by atoms with Crippen LogP contribution < -0.4 is 0 Å². The van der Waals surface area contributed by atoms with Crippen LogP contribution in [0.2, 0.25) is 10.0 Å². The minimum absolute atomic E-state index is 0.542. The van der Waals surface area contributed by atoms with Crippen LogP contribution in [0, 0.1) is 0 Å². The molecule has 0 atom stereocenters. The molecule has 4 nitrogen and oxygen atoms in total. The summed E-state index contributed by atoms with van der Waals surface area (Å²) in [7, 11) is 0. The van der Waals surface area contributed by atoms with Crippen LogP contribution in [0.4, 0.5) is 0 Å². The predicted octanol–water partition coefficient (Wildman–Crippen LogP) is 4.36. The molecule has 6 heteroatoms. The zero-order chi connectivity index (χ0) is 14.4. The van der Waals surface area contributed by atoms with E-state index in [4.69, 9.17) is 27.9 Å². The third kappa shape index (κ3) is 3.74. The highest BCUT2D eigenvalue weighted by atomic mass is 35.5. The van der Waals surface area contributed by atoms with Crippen LogP contribution in [-0.2, 0) is 4.74 Å². The van der Waals surface area contributed by atoms with Gasteiger partial charge in [-0.2, -0.15) is 5.10 Å². The van der Waals surface area contributed by atoms with Gasteiger partial charge in [0.05, 0.1) is 28.4 Å². The van der Waals surface area contributed by atoms with Gasteiger partial charge in [-0.3, -0.25) is 0 Å². The summed E-state index contributed by atoms with van der Waals surface area (Å²) in [6.45, 7) is 2.70. The molecule has 1 aromatic heterocycles. The zero-order valence-corrected chi connectivity index (χ0v) is 12.6. The van der Waals surface area contributed by atoms with E-state index < -0.39 is 0 Å². The summed E-state index contributed by atoms with van der Waals surface area (Å²) in [5.74, 6) is 0.583. The Bertz CT molecular complexity index is 562. The molecular formula is C14H15Cl2N3O. The summed E-state index contributed by atoms with van der Waals surface area (Å²) in [6, 6.07) is 5.36. The molecule has 2 rings (SSSR count). The van der Waals surface area contributed by atoms with E-state index in [9.17, 15) is 0 Å². The third-order valence-electron chi connectivity index (χ3n) is 2.65. The number of halogens is 2. The number of hydrogen-bond donors (Lipinski definition) is 0. The van der Waals surface area contributed by atoms with Gasteiger partial charge in [-0.1, -0.05) is 42.6 Å². The second-order valence-electron chi connectivity index (χ2n) is 4.17. The standard InChI is InChI=1S/C14H15Cl2N3O/c1-2-3-7-20-13(8-19-10-17-9-18-19)14-11(15)5-4-6-12(14)16/h4-6,8-10H,2-3,7H2,1H3/b13-8-. The summed E-state index contributed by atoms with van der Waals surface area (Å²) in [5, 5.41) is 5.12. The Kier molecular flexibility index (Phi) is 5.44. The van der Waals surface area contributed by atoms with Crippen LogP contribution >= 0.6 is 23.2 Å². The Labute approximate surface area is 128 Å². The van der Waals surface area contributed by atoms with Crippen molar-refractivity contribution in [2.24, 2.45) is 0 Å². The Balaban J connectivity index is 2.35. The first-order valence-corrected chi connectivity index (χ1v) is 7.11. The van der Waals surface area contributed by atoms with Gasteiger partial charge in [-0.15, -0.1) is 0 Å². The largest absolute Gasteiger partial charge is 0.491 e. The van der Waals surface area contributed by atoms with Crippen molar-refractivity contribution < 1.29 is 4.74 Å². The molecule has 0 saturated heterocycles. The number of ether oxygens (including phenoxy) is 1. The fraction of sp³-hybridized carbons (Fsp3) is 0.286. The lowest BCUT2D eigenvalue weighted by Crippen LogP contribution is -1.99. The second kappa shape index (κ2) is 7.31. The van der Waals surface area contributed by atoms with Crippen LogP contribution in [-0.4, -0.2) is 21.4 Å². The van der Waals surface area contributed by atoms with E-state index in [2.05, 4.69) is 17.0 Å². The van der Waals surface area contributed by atoms with Crippen molar-refractivity contribution in [3.63, 3.8) is 0 Å². The molecule has 0 spiro atoms. The molecule has 1 heterocycles. The highest BCUT2D eigenvalue weighted by Gasteiger charge is 2.13.